The van der Waals surface area contributed by atoms with E-state index < -0.39 is 11.9 Å². The maximum atomic E-state index is 12.3. The summed E-state index contributed by atoms with van der Waals surface area (Å²) < 4.78 is 4.89. The Morgan fingerprint density at radius 3 is 2.44 bits per heavy atom. The number of anilines is 1. The maximum absolute atomic E-state index is 12.3. The number of esters is 1. The second kappa shape index (κ2) is 7.35. The lowest BCUT2D eigenvalue weighted by atomic mass is 10.1. The molecule has 2 heterocycles. The number of amides is 3. The number of methoxy groups -OCH3 is 1. The number of aryl methyl sites for hydroxylation is 1. The number of rotatable bonds is 4. The quantitative estimate of drug-likeness (QED) is 0.500. The summed E-state index contributed by atoms with van der Waals surface area (Å²) in [4.78, 5) is 49.9. The molecule has 3 rings (SSSR count). The van der Waals surface area contributed by atoms with Gasteiger partial charge in [-0.05, 0) is 31.2 Å². The van der Waals surface area contributed by atoms with Crippen LogP contribution in [-0.4, -0.2) is 42.2 Å². The fourth-order valence-corrected chi connectivity index (χ4v) is 4.55. The molecule has 134 valence electrons. The van der Waals surface area contributed by atoms with Gasteiger partial charge >= 0.3 is 5.97 Å². The van der Waals surface area contributed by atoms with E-state index in [4.69, 9.17) is 4.74 Å². The lowest BCUT2D eigenvalue weighted by Crippen LogP contribution is -2.37. The summed E-state index contributed by atoms with van der Waals surface area (Å²) in [7, 11) is 1.32. The van der Waals surface area contributed by atoms with E-state index in [-0.39, 0.29) is 31.2 Å². The van der Waals surface area contributed by atoms with Crippen molar-refractivity contribution in [3.8, 4) is 0 Å². The third kappa shape index (κ3) is 3.58. The highest BCUT2D eigenvalue weighted by atomic mass is 32.1. The summed E-state index contributed by atoms with van der Waals surface area (Å²) in [5.74, 6) is -1.63. The number of ether oxygens (including phenoxy) is 1. The number of thiophene rings is 1. The average molecular weight is 364 g/mol. The molecular formula is C17H20N2O5S. The number of likely N-dealkylation sites (tertiary alicyclic amines) is 1. The minimum Gasteiger partial charge on any atom is -0.465 e. The zero-order chi connectivity index (χ0) is 18.0. The van der Waals surface area contributed by atoms with Crippen LogP contribution in [0.25, 0.3) is 0 Å². The Hall–Kier alpha value is -2.22. The van der Waals surface area contributed by atoms with Crippen LogP contribution in [0.2, 0.25) is 0 Å². The summed E-state index contributed by atoms with van der Waals surface area (Å²) in [5, 5.41) is 3.15. The summed E-state index contributed by atoms with van der Waals surface area (Å²) in [6.07, 6.45) is 5.12. The summed E-state index contributed by atoms with van der Waals surface area (Å²) >= 11 is 1.39. The second-order valence-corrected chi connectivity index (χ2v) is 7.29. The molecule has 0 unspecified atom stereocenters. The number of nitrogens with zero attached hydrogens (tertiary/aromatic N) is 1. The van der Waals surface area contributed by atoms with Gasteiger partial charge < -0.3 is 10.1 Å². The van der Waals surface area contributed by atoms with Crippen LogP contribution in [0.4, 0.5) is 5.00 Å². The van der Waals surface area contributed by atoms with E-state index in [0.717, 1.165) is 47.4 Å². The Morgan fingerprint density at radius 2 is 1.76 bits per heavy atom. The van der Waals surface area contributed by atoms with Gasteiger partial charge in [-0.3, -0.25) is 19.3 Å². The molecule has 1 aromatic rings. The molecule has 0 saturated carbocycles. The minimum atomic E-state index is -0.481. The van der Waals surface area contributed by atoms with E-state index in [1.165, 1.54) is 18.4 Å². The van der Waals surface area contributed by atoms with Gasteiger partial charge in [-0.2, -0.15) is 0 Å². The Balaban J connectivity index is 1.81. The normalized spacial score (nSPS) is 17.2. The molecule has 7 nitrogen and oxygen atoms in total. The van der Waals surface area contributed by atoms with Gasteiger partial charge in [0.1, 0.15) is 11.5 Å². The zero-order valence-corrected chi connectivity index (χ0v) is 14.9. The summed E-state index contributed by atoms with van der Waals surface area (Å²) in [6, 6.07) is 0. The number of hydrogen-bond acceptors (Lipinski definition) is 6. The molecule has 0 aromatic carbocycles. The Kier molecular flexibility index (Phi) is 5.17. The first-order valence-electron chi connectivity index (χ1n) is 8.37. The highest BCUT2D eigenvalue weighted by Crippen LogP contribution is 2.38. The molecule has 2 aliphatic rings. The van der Waals surface area contributed by atoms with Gasteiger partial charge in [0.2, 0.25) is 17.7 Å². The van der Waals surface area contributed by atoms with E-state index >= 15 is 0 Å². The van der Waals surface area contributed by atoms with Crippen LogP contribution in [0.15, 0.2) is 0 Å². The fourth-order valence-electron chi connectivity index (χ4n) is 3.26. The summed E-state index contributed by atoms with van der Waals surface area (Å²) in [5.41, 5.74) is 1.37. The van der Waals surface area contributed by atoms with Crippen LogP contribution < -0.4 is 5.32 Å². The van der Waals surface area contributed by atoms with E-state index in [2.05, 4.69) is 5.32 Å². The van der Waals surface area contributed by atoms with Gasteiger partial charge in [0.05, 0.1) is 12.7 Å². The van der Waals surface area contributed by atoms with Crippen LogP contribution in [0.1, 0.15) is 52.9 Å². The topological polar surface area (TPSA) is 92.8 Å². The van der Waals surface area contributed by atoms with Gasteiger partial charge in [0.25, 0.3) is 0 Å². The molecule has 3 amide bonds. The first kappa shape index (κ1) is 17.6. The smallest absolute Gasteiger partial charge is 0.341 e. The molecule has 8 heteroatoms. The van der Waals surface area contributed by atoms with Crippen molar-refractivity contribution in [3.63, 3.8) is 0 Å². The van der Waals surface area contributed by atoms with Gasteiger partial charge in [0.15, 0.2) is 0 Å². The maximum Gasteiger partial charge on any atom is 0.341 e. The number of fused-ring (bicyclic) bond motifs is 1. The fraction of sp³-hybridized carbons (Fsp3) is 0.529. The van der Waals surface area contributed by atoms with Crippen molar-refractivity contribution < 1.29 is 23.9 Å². The van der Waals surface area contributed by atoms with Crippen LogP contribution in [-0.2, 0) is 32.0 Å². The Labute approximate surface area is 149 Å². The molecule has 1 aliphatic carbocycles. The van der Waals surface area contributed by atoms with Crippen molar-refractivity contribution in [2.24, 2.45) is 0 Å². The SMILES string of the molecule is COC(=O)c1c(NC(=O)CN2C(=O)CCC2=O)sc2c1CCCCC2. The molecule has 1 fully saturated rings. The number of carbonyl (C=O) groups excluding carboxylic acids is 4. The highest BCUT2D eigenvalue weighted by molar-refractivity contribution is 7.17. The Morgan fingerprint density at radius 1 is 1.08 bits per heavy atom. The molecule has 0 radical (unpaired) electrons. The highest BCUT2D eigenvalue weighted by Gasteiger charge is 2.31. The molecule has 1 aliphatic heterocycles. The van der Waals surface area contributed by atoms with Crippen molar-refractivity contribution in [1.29, 1.82) is 0 Å². The Bertz CT molecular complexity index is 724. The van der Waals surface area contributed by atoms with Crippen molar-refractivity contribution in [3.05, 3.63) is 16.0 Å². The average Bonchev–Trinajstić information content (AvgIpc) is 2.97. The molecule has 0 atom stereocenters. The zero-order valence-electron chi connectivity index (χ0n) is 14.1. The second-order valence-electron chi connectivity index (χ2n) is 6.18. The lowest BCUT2D eigenvalue weighted by Gasteiger charge is -2.13. The molecular weight excluding hydrogens is 344 g/mol. The minimum absolute atomic E-state index is 0.146. The first-order chi connectivity index (χ1) is 12.0. The number of carbonyl (C=O) groups is 4. The van der Waals surface area contributed by atoms with E-state index in [9.17, 15) is 19.2 Å². The number of hydrogen-bond donors (Lipinski definition) is 1. The van der Waals surface area contributed by atoms with Gasteiger partial charge in [-0.15, -0.1) is 11.3 Å². The van der Waals surface area contributed by atoms with Crippen molar-refractivity contribution in [2.45, 2.75) is 44.9 Å². The van der Waals surface area contributed by atoms with Crippen LogP contribution in [0, 0.1) is 0 Å². The molecule has 0 bridgehead atoms. The molecule has 1 N–H and O–H groups in total. The standard InChI is InChI=1S/C17H20N2O5S/c1-24-17(23)15-10-5-3-2-4-6-11(10)25-16(15)18-12(20)9-19-13(21)7-8-14(19)22/h2-9H2,1H3,(H,18,20). The van der Waals surface area contributed by atoms with Crippen molar-refractivity contribution in [2.75, 3.05) is 19.0 Å². The predicted octanol–water partition coefficient (Wildman–Crippen LogP) is 1.89. The van der Waals surface area contributed by atoms with Crippen molar-refractivity contribution >= 4 is 40.0 Å². The van der Waals surface area contributed by atoms with Gasteiger partial charge in [-0.1, -0.05) is 6.42 Å². The molecule has 25 heavy (non-hydrogen) atoms. The largest absolute Gasteiger partial charge is 0.465 e. The van der Waals surface area contributed by atoms with Crippen molar-refractivity contribution in [1.82, 2.24) is 4.90 Å². The molecule has 1 saturated heterocycles. The van der Waals surface area contributed by atoms with Crippen LogP contribution in [0.5, 0.6) is 0 Å². The summed E-state index contributed by atoms with van der Waals surface area (Å²) in [6.45, 7) is -0.319. The first-order valence-corrected chi connectivity index (χ1v) is 9.18. The predicted molar refractivity (Wildman–Crippen MR) is 91.5 cm³/mol. The number of imide groups is 1. The van der Waals surface area contributed by atoms with Gasteiger partial charge in [0, 0.05) is 17.7 Å². The third-order valence-corrected chi connectivity index (χ3v) is 5.73. The third-order valence-electron chi connectivity index (χ3n) is 4.52. The van der Waals surface area contributed by atoms with Gasteiger partial charge in [-0.25, -0.2) is 4.79 Å². The molecule has 1 aromatic heterocycles. The lowest BCUT2D eigenvalue weighted by molar-refractivity contribution is -0.141. The molecule has 0 spiro atoms. The van der Waals surface area contributed by atoms with E-state index in [0.29, 0.717) is 10.6 Å². The number of nitrogens with one attached hydrogen (secondary N) is 1. The van der Waals surface area contributed by atoms with Crippen LogP contribution in [0.3, 0.4) is 0 Å². The van der Waals surface area contributed by atoms with Crippen LogP contribution >= 0.6 is 11.3 Å². The monoisotopic (exact) mass is 364 g/mol. The van der Waals surface area contributed by atoms with E-state index in [1.54, 1.807) is 0 Å². The van der Waals surface area contributed by atoms with E-state index in [1.807, 2.05) is 0 Å².